The second-order valence-corrected chi connectivity index (χ2v) is 8.01. The number of guanidine groups is 1. The fourth-order valence-corrected chi connectivity index (χ4v) is 3.71. The normalized spacial score (nSPS) is 18.8. The summed E-state index contributed by atoms with van der Waals surface area (Å²) in [4.78, 5) is 9.21. The Labute approximate surface area is 178 Å². The molecule has 0 spiro atoms. The Bertz CT molecular complexity index is 669. The van der Waals surface area contributed by atoms with Gasteiger partial charge >= 0.3 is 6.18 Å². The van der Waals surface area contributed by atoms with Crippen molar-refractivity contribution >= 4 is 5.96 Å². The van der Waals surface area contributed by atoms with Gasteiger partial charge in [-0.05, 0) is 37.4 Å². The molecule has 1 heterocycles. The number of nitrogens with one attached hydrogen (secondary N) is 2. The zero-order valence-electron chi connectivity index (χ0n) is 18.6. The zero-order valence-corrected chi connectivity index (χ0v) is 18.6. The average molecular weight is 428 g/mol. The Kier molecular flexibility index (Phi) is 9.42. The molecule has 2 atom stereocenters. The molecule has 0 aromatic heterocycles. The lowest BCUT2D eigenvalue weighted by molar-refractivity contribution is -0.137. The summed E-state index contributed by atoms with van der Waals surface area (Å²) < 4.78 is 38.7. The summed E-state index contributed by atoms with van der Waals surface area (Å²) in [5, 5.41) is 6.65. The summed E-state index contributed by atoms with van der Waals surface area (Å²) >= 11 is 0. The lowest BCUT2D eigenvalue weighted by Crippen LogP contribution is -2.53. The van der Waals surface area contributed by atoms with Crippen LogP contribution in [0.25, 0.3) is 0 Å². The number of nitrogens with zero attached hydrogens (tertiary/aromatic N) is 3. The second-order valence-electron chi connectivity index (χ2n) is 8.01. The van der Waals surface area contributed by atoms with E-state index in [4.69, 9.17) is 0 Å². The Morgan fingerprint density at radius 1 is 1.13 bits per heavy atom. The van der Waals surface area contributed by atoms with Crippen molar-refractivity contribution in [3.63, 3.8) is 0 Å². The maximum absolute atomic E-state index is 12.9. The van der Waals surface area contributed by atoms with Crippen LogP contribution < -0.4 is 10.6 Å². The Morgan fingerprint density at radius 2 is 1.83 bits per heavy atom. The van der Waals surface area contributed by atoms with E-state index in [2.05, 4.69) is 39.3 Å². The van der Waals surface area contributed by atoms with E-state index in [1.165, 1.54) is 12.1 Å². The molecule has 0 bridgehead atoms. The van der Waals surface area contributed by atoms with Gasteiger partial charge in [-0.25, -0.2) is 0 Å². The van der Waals surface area contributed by atoms with Crippen LogP contribution in [-0.4, -0.2) is 74.7 Å². The molecule has 2 rings (SSSR count). The molecule has 0 amide bonds. The molecule has 1 aliphatic rings. The SMILES string of the molecule is CCN1CCN(C(C)CNC(=NC)NCCC(C)c2cccc(C(F)(F)F)c2)CC1. The largest absolute Gasteiger partial charge is 0.416 e. The van der Waals surface area contributed by atoms with Gasteiger partial charge in [0, 0.05) is 52.4 Å². The van der Waals surface area contributed by atoms with Gasteiger partial charge in [-0.15, -0.1) is 0 Å². The van der Waals surface area contributed by atoms with E-state index < -0.39 is 11.7 Å². The van der Waals surface area contributed by atoms with Gasteiger partial charge < -0.3 is 15.5 Å². The third kappa shape index (κ3) is 7.47. The van der Waals surface area contributed by atoms with Crippen molar-refractivity contribution in [3.05, 3.63) is 35.4 Å². The molecule has 1 fully saturated rings. The molecule has 1 aromatic carbocycles. The summed E-state index contributed by atoms with van der Waals surface area (Å²) in [5.41, 5.74) is 0.112. The van der Waals surface area contributed by atoms with Crippen LogP contribution >= 0.6 is 0 Å². The van der Waals surface area contributed by atoms with Gasteiger partial charge in [0.2, 0.25) is 0 Å². The molecule has 30 heavy (non-hydrogen) atoms. The molecule has 0 radical (unpaired) electrons. The first-order valence-electron chi connectivity index (χ1n) is 10.8. The van der Waals surface area contributed by atoms with Crippen LogP contribution in [0.3, 0.4) is 0 Å². The number of hydrogen-bond donors (Lipinski definition) is 2. The number of aliphatic imine (C=N–C) groups is 1. The van der Waals surface area contributed by atoms with Crippen molar-refractivity contribution in [2.24, 2.45) is 4.99 Å². The smallest absolute Gasteiger partial charge is 0.356 e. The number of halogens is 3. The number of benzene rings is 1. The van der Waals surface area contributed by atoms with Crippen LogP contribution in [-0.2, 0) is 6.18 Å². The maximum atomic E-state index is 12.9. The third-order valence-corrected chi connectivity index (χ3v) is 5.92. The van der Waals surface area contributed by atoms with Crippen molar-refractivity contribution in [2.45, 2.75) is 45.3 Å². The zero-order chi connectivity index (χ0) is 22.1. The summed E-state index contributed by atoms with van der Waals surface area (Å²) in [5.74, 6) is 0.747. The molecular weight excluding hydrogens is 391 g/mol. The molecule has 1 aliphatic heterocycles. The van der Waals surface area contributed by atoms with E-state index in [0.717, 1.165) is 57.7 Å². The summed E-state index contributed by atoms with van der Waals surface area (Å²) in [6.07, 6.45) is -3.59. The first kappa shape index (κ1) is 24.5. The number of piperazine rings is 1. The van der Waals surface area contributed by atoms with Gasteiger partial charge in [-0.2, -0.15) is 13.2 Å². The molecular formula is C22H36F3N5. The predicted octanol–water partition coefficient (Wildman–Crippen LogP) is 3.39. The highest BCUT2D eigenvalue weighted by Crippen LogP contribution is 2.31. The van der Waals surface area contributed by atoms with Crippen LogP contribution in [0.5, 0.6) is 0 Å². The molecule has 0 saturated carbocycles. The van der Waals surface area contributed by atoms with Gasteiger partial charge in [-0.3, -0.25) is 9.89 Å². The van der Waals surface area contributed by atoms with Crippen LogP contribution in [0.2, 0.25) is 0 Å². The van der Waals surface area contributed by atoms with Gasteiger partial charge in [-0.1, -0.05) is 32.0 Å². The highest BCUT2D eigenvalue weighted by atomic mass is 19.4. The summed E-state index contributed by atoms with van der Waals surface area (Å²) in [6.45, 7) is 13.3. The van der Waals surface area contributed by atoms with Crippen LogP contribution in [0, 0.1) is 0 Å². The summed E-state index contributed by atoms with van der Waals surface area (Å²) in [7, 11) is 1.73. The standard InChI is InChI=1S/C22H36F3N5/c1-5-29-11-13-30(14-12-29)18(3)16-28-21(26-4)27-10-9-17(2)19-7-6-8-20(15-19)22(23,24)25/h6-8,15,17-18H,5,9-14,16H2,1-4H3,(H2,26,27,28). The highest BCUT2D eigenvalue weighted by Gasteiger charge is 2.30. The molecule has 5 nitrogen and oxygen atoms in total. The van der Waals surface area contributed by atoms with Crippen LogP contribution in [0.15, 0.2) is 29.3 Å². The van der Waals surface area contributed by atoms with Gasteiger partial charge in [0.15, 0.2) is 5.96 Å². The van der Waals surface area contributed by atoms with Crippen LogP contribution in [0.1, 0.15) is 44.2 Å². The second kappa shape index (κ2) is 11.6. The van der Waals surface area contributed by atoms with Gasteiger partial charge in [0.25, 0.3) is 0 Å². The van der Waals surface area contributed by atoms with Crippen molar-refractivity contribution in [2.75, 3.05) is 52.9 Å². The minimum absolute atomic E-state index is 0.0201. The van der Waals surface area contributed by atoms with Crippen LogP contribution in [0.4, 0.5) is 13.2 Å². The highest BCUT2D eigenvalue weighted by molar-refractivity contribution is 5.79. The summed E-state index contributed by atoms with van der Waals surface area (Å²) in [6, 6.07) is 6.00. The van der Waals surface area contributed by atoms with E-state index >= 15 is 0 Å². The molecule has 170 valence electrons. The van der Waals surface area contributed by atoms with E-state index in [9.17, 15) is 13.2 Å². The number of rotatable bonds is 8. The minimum Gasteiger partial charge on any atom is -0.356 e. The Balaban J connectivity index is 1.74. The van der Waals surface area contributed by atoms with E-state index in [-0.39, 0.29) is 5.92 Å². The minimum atomic E-state index is -4.31. The van der Waals surface area contributed by atoms with Gasteiger partial charge in [0.1, 0.15) is 0 Å². The van der Waals surface area contributed by atoms with Crippen molar-refractivity contribution in [1.82, 2.24) is 20.4 Å². The number of alkyl halides is 3. The lowest BCUT2D eigenvalue weighted by Gasteiger charge is -2.37. The average Bonchev–Trinajstić information content (AvgIpc) is 2.75. The monoisotopic (exact) mass is 427 g/mol. The molecule has 2 N–H and O–H groups in total. The first-order valence-corrected chi connectivity index (χ1v) is 10.8. The van der Waals surface area contributed by atoms with E-state index in [1.54, 1.807) is 13.1 Å². The van der Waals surface area contributed by atoms with Crippen molar-refractivity contribution in [3.8, 4) is 0 Å². The first-order chi connectivity index (χ1) is 14.2. The topological polar surface area (TPSA) is 42.9 Å². The molecule has 1 saturated heterocycles. The predicted molar refractivity (Wildman–Crippen MR) is 117 cm³/mol. The van der Waals surface area contributed by atoms with E-state index in [1.807, 2.05) is 6.92 Å². The van der Waals surface area contributed by atoms with Crippen molar-refractivity contribution < 1.29 is 13.2 Å². The Morgan fingerprint density at radius 3 is 2.43 bits per heavy atom. The van der Waals surface area contributed by atoms with Crippen molar-refractivity contribution in [1.29, 1.82) is 0 Å². The maximum Gasteiger partial charge on any atom is 0.416 e. The fourth-order valence-electron chi connectivity index (χ4n) is 3.71. The third-order valence-electron chi connectivity index (χ3n) is 5.92. The quantitative estimate of drug-likeness (QED) is 0.493. The lowest BCUT2D eigenvalue weighted by atomic mass is 9.96. The number of likely N-dealkylation sites (N-methyl/N-ethyl adjacent to an activating group) is 1. The van der Waals surface area contributed by atoms with E-state index in [0.29, 0.717) is 18.2 Å². The Hall–Kier alpha value is -1.80. The number of hydrogen-bond acceptors (Lipinski definition) is 3. The van der Waals surface area contributed by atoms with Gasteiger partial charge in [0.05, 0.1) is 5.56 Å². The fraction of sp³-hybridized carbons (Fsp3) is 0.682. The molecule has 1 aromatic rings. The molecule has 2 unspecified atom stereocenters. The molecule has 0 aliphatic carbocycles. The molecule has 8 heteroatoms.